The fourth-order valence-electron chi connectivity index (χ4n) is 1.47. The van der Waals surface area contributed by atoms with Crippen molar-refractivity contribution in [3.05, 3.63) is 21.3 Å². The Balaban J connectivity index is 2.02. The first kappa shape index (κ1) is 14.5. The molecule has 98 valence electrons. The van der Waals surface area contributed by atoms with Crippen LogP contribution in [0.25, 0.3) is 0 Å². The van der Waals surface area contributed by atoms with Gasteiger partial charge in [-0.15, -0.1) is 11.3 Å². The second kappa shape index (κ2) is 4.89. The standard InChI is InChI=1S/C11H11Br2ClN2OS/c1-6(7-3-4-8(14)18-7)15-16-9(17)10(2)5-11(10,12)13/h3-4H,5H2,1-2H3,(H,16,17)/b15-6-. The van der Waals surface area contributed by atoms with Crippen molar-refractivity contribution in [3.8, 4) is 0 Å². The Morgan fingerprint density at radius 1 is 1.56 bits per heavy atom. The van der Waals surface area contributed by atoms with Crippen LogP contribution in [0, 0.1) is 5.41 Å². The first-order valence-electron chi connectivity index (χ1n) is 5.24. The van der Waals surface area contributed by atoms with Gasteiger partial charge >= 0.3 is 0 Å². The van der Waals surface area contributed by atoms with Crippen LogP contribution in [0.1, 0.15) is 25.1 Å². The fraction of sp³-hybridized carbons (Fsp3) is 0.455. The van der Waals surface area contributed by atoms with Crippen LogP contribution in [0.3, 0.4) is 0 Å². The van der Waals surface area contributed by atoms with Crippen molar-refractivity contribution in [2.75, 3.05) is 0 Å². The number of halogens is 3. The van der Waals surface area contributed by atoms with Gasteiger partial charge in [-0.05, 0) is 32.4 Å². The molecule has 1 aromatic rings. The molecule has 0 radical (unpaired) electrons. The molecule has 1 aromatic heterocycles. The number of hydrazone groups is 1. The normalized spacial score (nSPS) is 25.9. The van der Waals surface area contributed by atoms with Gasteiger partial charge in [0.2, 0.25) is 5.91 Å². The third-order valence-corrected chi connectivity index (χ3v) is 6.66. The van der Waals surface area contributed by atoms with Gasteiger partial charge in [0.05, 0.1) is 23.6 Å². The molecule has 1 unspecified atom stereocenters. The predicted octanol–water partition coefficient (Wildman–Crippen LogP) is 4.14. The molecule has 0 saturated heterocycles. The molecule has 0 aliphatic heterocycles. The zero-order valence-corrected chi connectivity index (χ0v) is 14.5. The number of carbonyl (C=O) groups excluding carboxylic acids is 1. The molecule has 1 aliphatic rings. The Kier molecular flexibility index (Phi) is 3.94. The van der Waals surface area contributed by atoms with Crippen molar-refractivity contribution in [1.82, 2.24) is 5.43 Å². The van der Waals surface area contributed by atoms with E-state index in [0.29, 0.717) is 4.34 Å². The smallest absolute Gasteiger partial charge is 0.248 e. The summed E-state index contributed by atoms with van der Waals surface area (Å²) in [4.78, 5) is 12.9. The molecule has 3 nitrogen and oxygen atoms in total. The number of nitrogens with one attached hydrogen (secondary N) is 1. The fourth-order valence-corrected chi connectivity index (χ4v) is 3.94. The van der Waals surface area contributed by atoms with Gasteiger partial charge in [0, 0.05) is 0 Å². The number of alkyl halides is 2. The maximum absolute atomic E-state index is 12.0. The van der Waals surface area contributed by atoms with Crippen LogP contribution in [0.2, 0.25) is 4.34 Å². The number of carbonyl (C=O) groups is 1. The van der Waals surface area contributed by atoms with Crippen molar-refractivity contribution in [1.29, 1.82) is 0 Å². The molecule has 18 heavy (non-hydrogen) atoms. The van der Waals surface area contributed by atoms with Crippen LogP contribution in [0.5, 0.6) is 0 Å². The summed E-state index contributed by atoms with van der Waals surface area (Å²) in [5.41, 5.74) is 2.90. The lowest BCUT2D eigenvalue weighted by Gasteiger charge is -2.10. The number of hydrogen-bond acceptors (Lipinski definition) is 3. The largest absolute Gasteiger partial charge is 0.272 e. The van der Waals surface area contributed by atoms with Gasteiger partial charge in [-0.2, -0.15) is 5.10 Å². The lowest BCUT2D eigenvalue weighted by molar-refractivity contribution is -0.125. The minimum absolute atomic E-state index is 0.0988. The Labute approximate surface area is 131 Å². The van der Waals surface area contributed by atoms with Crippen LogP contribution in [0.15, 0.2) is 17.2 Å². The van der Waals surface area contributed by atoms with Gasteiger partial charge in [-0.1, -0.05) is 43.5 Å². The van der Waals surface area contributed by atoms with Crippen LogP contribution in [-0.4, -0.2) is 14.9 Å². The molecule has 1 heterocycles. The van der Waals surface area contributed by atoms with Gasteiger partial charge in [0.25, 0.3) is 0 Å². The van der Waals surface area contributed by atoms with Gasteiger partial charge in [0.1, 0.15) is 0 Å². The molecular weight excluding hydrogens is 403 g/mol. The maximum Gasteiger partial charge on any atom is 0.248 e. The molecule has 0 bridgehead atoms. The Morgan fingerprint density at radius 2 is 2.17 bits per heavy atom. The Morgan fingerprint density at radius 3 is 2.61 bits per heavy atom. The lowest BCUT2D eigenvalue weighted by Crippen LogP contribution is -2.30. The van der Waals surface area contributed by atoms with E-state index in [1.807, 2.05) is 26.0 Å². The minimum Gasteiger partial charge on any atom is -0.272 e. The van der Waals surface area contributed by atoms with Crippen LogP contribution in [-0.2, 0) is 4.79 Å². The van der Waals surface area contributed by atoms with E-state index >= 15 is 0 Å². The zero-order valence-electron chi connectivity index (χ0n) is 9.76. The summed E-state index contributed by atoms with van der Waals surface area (Å²) >= 11 is 14.2. The predicted molar refractivity (Wildman–Crippen MR) is 83.0 cm³/mol. The number of hydrogen-bond donors (Lipinski definition) is 1. The third kappa shape index (κ3) is 2.66. The molecule has 0 spiro atoms. The number of nitrogens with zero attached hydrogens (tertiary/aromatic N) is 1. The molecule has 1 atom stereocenters. The summed E-state index contributed by atoms with van der Waals surface area (Å²) in [5, 5.41) is 4.11. The summed E-state index contributed by atoms with van der Waals surface area (Å²) in [6.07, 6.45) is 0.741. The van der Waals surface area contributed by atoms with Gasteiger partial charge in [-0.3, -0.25) is 4.79 Å². The molecule has 1 fully saturated rings. The molecule has 1 N–H and O–H groups in total. The Hall–Kier alpha value is 0.0900. The molecule has 0 aromatic carbocycles. The first-order valence-corrected chi connectivity index (χ1v) is 8.02. The Bertz CT molecular complexity index is 529. The van der Waals surface area contributed by atoms with E-state index in [1.54, 1.807) is 0 Å². The van der Waals surface area contributed by atoms with Crippen molar-refractivity contribution < 1.29 is 4.79 Å². The molecule has 2 rings (SSSR count). The highest BCUT2D eigenvalue weighted by Crippen LogP contribution is 2.66. The number of amides is 1. The van der Waals surface area contributed by atoms with Crippen molar-refractivity contribution in [3.63, 3.8) is 0 Å². The lowest BCUT2D eigenvalue weighted by atomic mass is 10.1. The van der Waals surface area contributed by atoms with Crippen molar-refractivity contribution >= 4 is 66.4 Å². The quantitative estimate of drug-likeness (QED) is 0.451. The molecular formula is C11H11Br2ClN2OS. The molecule has 1 amide bonds. The van der Waals surface area contributed by atoms with Gasteiger partial charge in [-0.25, -0.2) is 5.43 Å². The summed E-state index contributed by atoms with van der Waals surface area (Å²) in [6, 6.07) is 3.70. The second-order valence-electron chi connectivity index (χ2n) is 4.46. The van der Waals surface area contributed by atoms with E-state index < -0.39 is 5.41 Å². The van der Waals surface area contributed by atoms with Gasteiger partial charge in [0.15, 0.2) is 0 Å². The SMILES string of the molecule is C/C(=N/NC(=O)C1(C)CC1(Br)Br)c1ccc(Cl)s1. The maximum atomic E-state index is 12.0. The van der Waals surface area contributed by atoms with Crippen molar-refractivity contribution in [2.45, 2.75) is 23.5 Å². The summed E-state index contributed by atoms with van der Waals surface area (Å²) in [6.45, 7) is 3.73. The van der Waals surface area contributed by atoms with E-state index in [0.717, 1.165) is 17.0 Å². The highest BCUT2D eigenvalue weighted by Gasteiger charge is 2.66. The van der Waals surface area contributed by atoms with E-state index in [9.17, 15) is 4.79 Å². The summed E-state index contributed by atoms with van der Waals surface area (Å²) in [7, 11) is 0. The average molecular weight is 415 g/mol. The van der Waals surface area contributed by atoms with E-state index in [-0.39, 0.29) is 9.14 Å². The molecule has 1 saturated carbocycles. The van der Waals surface area contributed by atoms with Gasteiger partial charge < -0.3 is 0 Å². The van der Waals surface area contributed by atoms with Crippen LogP contribution in [0.4, 0.5) is 0 Å². The van der Waals surface area contributed by atoms with Crippen LogP contribution >= 0.6 is 54.8 Å². The number of thiophene rings is 1. The zero-order chi connectivity index (χ0) is 13.6. The highest BCUT2D eigenvalue weighted by molar-refractivity contribution is 9.25. The second-order valence-corrected chi connectivity index (χ2v) is 9.94. The summed E-state index contributed by atoms with van der Waals surface area (Å²) in [5.74, 6) is -0.0988. The first-order chi connectivity index (χ1) is 8.26. The van der Waals surface area contributed by atoms with E-state index in [2.05, 4.69) is 42.4 Å². The number of rotatable bonds is 3. The topological polar surface area (TPSA) is 41.5 Å². The van der Waals surface area contributed by atoms with Crippen LogP contribution < -0.4 is 5.43 Å². The highest BCUT2D eigenvalue weighted by atomic mass is 79.9. The summed E-state index contributed by atoms with van der Waals surface area (Å²) < 4.78 is 0.409. The molecule has 1 aliphatic carbocycles. The monoisotopic (exact) mass is 412 g/mol. The van der Waals surface area contributed by atoms with E-state index in [4.69, 9.17) is 11.6 Å². The minimum atomic E-state index is -0.454. The third-order valence-electron chi connectivity index (χ3n) is 3.01. The van der Waals surface area contributed by atoms with Crippen molar-refractivity contribution in [2.24, 2.45) is 10.5 Å². The van der Waals surface area contributed by atoms with E-state index in [1.165, 1.54) is 11.3 Å². The molecule has 7 heteroatoms. The average Bonchev–Trinajstić information content (AvgIpc) is 2.63.